The lowest BCUT2D eigenvalue weighted by molar-refractivity contribution is -0.126. The van der Waals surface area contributed by atoms with Gasteiger partial charge in [-0.2, -0.15) is 0 Å². The van der Waals surface area contributed by atoms with Gasteiger partial charge in [0.25, 0.3) is 0 Å². The van der Waals surface area contributed by atoms with Crippen molar-refractivity contribution in [2.45, 2.75) is 90.1 Å². The van der Waals surface area contributed by atoms with E-state index in [-0.39, 0.29) is 29.9 Å². The van der Waals surface area contributed by atoms with Crippen LogP contribution in [-0.4, -0.2) is 35.6 Å². The van der Waals surface area contributed by atoms with E-state index < -0.39 is 0 Å². The number of carbonyl (C=O) groups is 2. The van der Waals surface area contributed by atoms with E-state index in [0.29, 0.717) is 6.54 Å². The summed E-state index contributed by atoms with van der Waals surface area (Å²) in [5.74, 6) is 0.130. The van der Waals surface area contributed by atoms with Gasteiger partial charge in [-0.25, -0.2) is 9.78 Å². The highest BCUT2D eigenvalue weighted by molar-refractivity contribution is 7.11. The summed E-state index contributed by atoms with van der Waals surface area (Å²) in [6.45, 7) is 4.61. The average molecular weight is 407 g/mol. The quantitative estimate of drug-likeness (QED) is 0.607. The van der Waals surface area contributed by atoms with E-state index in [9.17, 15) is 9.59 Å². The number of nitrogens with one attached hydrogen (secondary N) is 3. The van der Waals surface area contributed by atoms with Crippen molar-refractivity contribution in [3.05, 3.63) is 15.6 Å². The maximum absolute atomic E-state index is 12.2. The summed E-state index contributed by atoms with van der Waals surface area (Å²) in [4.78, 5) is 30.6. The number of thiazole rings is 1. The lowest BCUT2D eigenvalue weighted by atomic mass is 9.85. The molecular formula is C21H34N4O2S. The number of carbonyl (C=O) groups excluding carboxylic acids is 2. The zero-order valence-electron chi connectivity index (χ0n) is 17.2. The number of rotatable bonds is 7. The van der Waals surface area contributed by atoms with Crippen LogP contribution in [0.15, 0.2) is 0 Å². The van der Waals surface area contributed by atoms with Gasteiger partial charge in [0.05, 0.1) is 10.7 Å². The van der Waals surface area contributed by atoms with Crippen molar-refractivity contribution in [2.24, 2.45) is 5.92 Å². The molecule has 3 rings (SSSR count). The van der Waals surface area contributed by atoms with Crippen LogP contribution in [-0.2, 0) is 24.1 Å². The Hall–Kier alpha value is -1.63. The predicted octanol–water partition coefficient (Wildman–Crippen LogP) is 3.34. The van der Waals surface area contributed by atoms with Crippen molar-refractivity contribution in [2.75, 3.05) is 6.54 Å². The Morgan fingerprint density at radius 1 is 1.18 bits per heavy atom. The Balaban J connectivity index is 1.33. The fourth-order valence-corrected chi connectivity index (χ4v) is 5.35. The van der Waals surface area contributed by atoms with E-state index in [2.05, 4.69) is 16.0 Å². The van der Waals surface area contributed by atoms with Crippen molar-refractivity contribution in [1.82, 2.24) is 20.9 Å². The molecule has 0 aliphatic heterocycles. The molecule has 1 saturated carbocycles. The van der Waals surface area contributed by atoms with Gasteiger partial charge < -0.3 is 16.0 Å². The second kappa shape index (κ2) is 10.2. The Bertz CT molecular complexity index is 650. The molecule has 3 N–H and O–H groups in total. The highest BCUT2D eigenvalue weighted by Gasteiger charge is 2.28. The summed E-state index contributed by atoms with van der Waals surface area (Å²) in [6.07, 6.45) is 10.3. The first kappa shape index (κ1) is 21.1. The highest BCUT2D eigenvalue weighted by Crippen LogP contribution is 2.27. The van der Waals surface area contributed by atoms with Crippen LogP contribution in [0, 0.1) is 5.92 Å². The number of amides is 3. The molecule has 2 aliphatic carbocycles. The molecule has 2 unspecified atom stereocenters. The van der Waals surface area contributed by atoms with E-state index >= 15 is 0 Å². The number of aryl methyl sites for hydroxylation is 3. The molecule has 1 aromatic rings. The summed E-state index contributed by atoms with van der Waals surface area (Å²) in [6, 6.07) is 0.128. The second-order valence-electron chi connectivity index (χ2n) is 8.41. The standard InChI is InChI=1S/C21H34N4O2S/c1-14(2)23-20(26)15-7-5-8-16(13-15)24-21(27)22-12-6-11-19-25-17-9-3-4-10-18(17)28-19/h14-16H,3-13H2,1-2H3,(H,23,26)(H2,22,24,27). The Morgan fingerprint density at radius 3 is 2.79 bits per heavy atom. The lowest BCUT2D eigenvalue weighted by Gasteiger charge is -2.29. The third-order valence-corrected chi connectivity index (χ3v) is 6.77. The van der Waals surface area contributed by atoms with Crippen LogP contribution < -0.4 is 16.0 Å². The first-order valence-corrected chi connectivity index (χ1v) is 11.6. The van der Waals surface area contributed by atoms with Gasteiger partial charge in [0, 0.05) is 35.8 Å². The summed E-state index contributed by atoms with van der Waals surface area (Å²) < 4.78 is 0. The molecule has 1 fully saturated rings. The summed E-state index contributed by atoms with van der Waals surface area (Å²) in [5.41, 5.74) is 1.31. The Kier molecular flexibility index (Phi) is 7.71. The first-order valence-electron chi connectivity index (χ1n) is 10.8. The van der Waals surface area contributed by atoms with Gasteiger partial charge in [0.15, 0.2) is 0 Å². The van der Waals surface area contributed by atoms with Gasteiger partial charge in [-0.05, 0) is 65.2 Å². The molecule has 156 valence electrons. The van der Waals surface area contributed by atoms with Crippen LogP contribution in [0.5, 0.6) is 0 Å². The minimum Gasteiger partial charge on any atom is -0.354 e. The maximum atomic E-state index is 12.2. The van der Waals surface area contributed by atoms with Crippen LogP contribution in [0.2, 0.25) is 0 Å². The van der Waals surface area contributed by atoms with Crippen molar-refractivity contribution in [3.8, 4) is 0 Å². The molecule has 1 heterocycles. The van der Waals surface area contributed by atoms with Gasteiger partial charge in [-0.15, -0.1) is 11.3 Å². The second-order valence-corrected chi connectivity index (χ2v) is 9.58. The summed E-state index contributed by atoms with van der Waals surface area (Å²) in [7, 11) is 0. The molecule has 7 heteroatoms. The molecule has 1 aromatic heterocycles. The van der Waals surface area contributed by atoms with Crippen LogP contribution >= 0.6 is 11.3 Å². The van der Waals surface area contributed by atoms with Gasteiger partial charge in [-0.1, -0.05) is 6.42 Å². The molecule has 3 amide bonds. The van der Waals surface area contributed by atoms with Crippen molar-refractivity contribution in [1.29, 1.82) is 0 Å². The van der Waals surface area contributed by atoms with Gasteiger partial charge in [-0.3, -0.25) is 4.79 Å². The number of hydrogen-bond acceptors (Lipinski definition) is 4. The third kappa shape index (κ3) is 6.19. The Labute approximate surface area is 172 Å². The van der Waals surface area contributed by atoms with Crippen molar-refractivity contribution < 1.29 is 9.59 Å². The molecule has 0 spiro atoms. The zero-order chi connectivity index (χ0) is 19.9. The number of fused-ring (bicyclic) bond motifs is 1. The normalized spacial score (nSPS) is 21.8. The topological polar surface area (TPSA) is 83.1 Å². The fraction of sp³-hybridized carbons (Fsp3) is 0.762. The number of hydrogen-bond donors (Lipinski definition) is 3. The third-order valence-electron chi connectivity index (χ3n) is 5.55. The molecule has 0 saturated heterocycles. The number of urea groups is 1. The summed E-state index contributed by atoms with van der Waals surface area (Å²) in [5, 5.41) is 10.2. The molecule has 0 bridgehead atoms. The number of aromatic nitrogens is 1. The van der Waals surface area contributed by atoms with E-state index in [1.165, 1.54) is 34.8 Å². The molecule has 28 heavy (non-hydrogen) atoms. The minimum atomic E-state index is -0.117. The van der Waals surface area contributed by atoms with E-state index in [4.69, 9.17) is 4.98 Å². The smallest absolute Gasteiger partial charge is 0.315 e. The van der Waals surface area contributed by atoms with E-state index in [1.54, 1.807) is 0 Å². The zero-order valence-corrected chi connectivity index (χ0v) is 18.0. The lowest BCUT2D eigenvalue weighted by Crippen LogP contribution is -2.47. The molecule has 6 nitrogen and oxygen atoms in total. The van der Waals surface area contributed by atoms with Gasteiger partial charge in [0.1, 0.15) is 0 Å². The van der Waals surface area contributed by atoms with E-state index in [1.807, 2.05) is 25.2 Å². The monoisotopic (exact) mass is 406 g/mol. The van der Waals surface area contributed by atoms with Crippen LogP contribution in [0.1, 0.15) is 74.4 Å². The SMILES string of the molecule is CC(C)NC(=O)C1CCCC(NC(=O)NCCCc2nc3c(s2)CCCC3)C1. The molecular weight excluding hydrogens is 372 g/mol. The van der Waals surface area contributed by atoms with Crippen molar-refractivity contribution >= 4 is 23.3 Å². The van der Waals surface area contributed by atoms with Crippen molar-refractivity contribution in [3.63, 3.8) is 0 Å². The predicted molar refractivity (Wildman–Crippen MR) is 113 cm³/mol. The first-order chi connectivity index (χ1) is 13.5. The molecule has 0 radical (unpaired) electrons. The van der Waals surface area contributed by atoms with Gasteiger partial charge in [0.2, 0.25) is 5.91 Å². The molecule has 0 aromatic carbocycles. The maximum Gasteiger partial charge on any atom is 0.315 e. The number of nitrogens with zero attached hydrogens (tertiary/aromatic N) is 1. The highest BCUT2D eigenvalue weighted by atomic mass is 32.1. The summed E-state index contributed by atoms with van der Waals surface area (Å²) >= 11 is 1.85. The molecule has 2 atom stereocenters. The van der Waals surface area contributed by atoms with Crippen LogP contribution in [0.4, 0.5) is 4.79 Å². The average Bonchev–Trinajstić information content (AvgIpc) is 3.08. The van der Waals surface area contributed by atoms with E-state index in [0.717, 1.165) is 44.9 Å². The van der Waals surface area contributed by atoms with Crippen LogP contribution in [0.25, 0.3) is 0 Å². The largest absolute Gasteiger partial charge is 0.354 e. The van der Waals surface area contributed by atoms with Crippen LogP contribution in [0.3, 0.4) is 0 Å². The van der Waals surface area contributed by atoms with Gasteiger partial charge >= 0.3 is 6.03 Å². The minimum absolute atomic E-state index is 0.0115. The Morgan fingerprint density at radius 2 is 2.00 bits per heavy atom. The molecule has 2 aliphatic rings. The fourth-order valence-electron chi connectivity index (χ4n) is 4.15.